The molecule has 112 valence electrons. The van der Waals surface area contributed by atoms with E-state index in [0.717, 1.165) is 5.75 Å². The summed E-state index contributed by atoms with van der Waals surface area (Å²) in [6.07, 6.45) is 2.37. The number of fused-ring (bicyclic) bond motifs is 1. The van der Waals surface area contributed by atoms with Gasteiger partial charge < -0.3 is 10.1 Å². The van der Waals surface area contributed by atoms with E-state index in [9.17, 15) is 0 Å². The average Bonchev–Trinajstić information content (AvgIpc) is 2.54. The minimum absolute atomic E-state index is 0. The number of methoxy groups -OCH3 is 1. The summed E-state index contributed by atoms with van der Waals surface area (Å²) in [6.45, 7) is 0. The van der Waals surface area contributed by atoms with E-state index in [0.29, 0.717) is 12.0 Å². The Bertz CT molecular complexity index is 582. The second-order valence-corrected chi connectivity index (χ2v) is 5.37. The van der Waals surface area contributed by atoms with Crippen LogP contribution in [0.5, 0.6) is 5.75 Å². The molecule has 0 heterocycles. The van der Waals surface area contributed by atoms with Crippen molar-refractivity contribution >= 4 is 12.4 Å². The molecule has 1 aliphatic rings. The normalized spacial score (nSPS) is 20.3. The third-order valence-corrected chi connectivity index (χ3v) is 4.36. The highest BCUT2D eigenvalue weighted by Crippen LogP contribution is 2.41. The molecule has 0 fully saturated rings. The molecule has 0 saturated heterocycles. The van der Waals surface area contributed by atoms with Gasteiger partial charge in [-0.3, -0.25) is 0 Å². The van der Waals surface area contributed by atoms with Crippen LogP contribution in [-0.2, 0) is 0 Å². The standard InChI is InChI=1S/C18H21NO.ClH/c1-19-18-12-11-15(16-5-3-4-6-17(16)18)13-7-9-14(20-2)10-8-13;/h3-10,15,18-19H,11-12H2,1-2H3;1H/t15-,18-;/m0./s1. The van der Waals surface area contributed by atoms with Crippen molar-refractivity contribution in [1.29, 1.82) is 0 Å². The number of rotatable bonds is 3. The highest BCUT2D eigenvalue weighted by atomic mass is 35.5. The van der Waals surface area contributed by atoms with Crippen LogP contribution in [0.4, 0.5) is 0 Å². The van der Waals surface area contributed by atoms with Gasteiger partial charge >= 0.3 is 0 Å². The Morgan fingerprint density at radius 1 is 0.952 bits per heavy atom. The van der Waals surface area contributed by atoms with Crippen LogP contribution in [-0.4, -0.2) is 14.2 Å². The molecule has 0 radical (unpaired) electrons. The lowest BCUT2D eigenvalue weighted by Gasteiger charge is -2.31. The molecule has 0 aromatic heterocycles. The SMILES string of the molecule is CN[C@H]1CC[C@@H](c2ccc(OC)cc2)c2ccccc21.Cl. The molecule has 3 rings (SSSR count). The Labute approximate surface area is 132 Å². The van der Waals surface area contributed by atoms with E-state index >= 15 is 0 Å². The van der Waals surface area contributed by atoms with Crippen LogP contribution in [0.1, 0.15) is 41.5 Å². The summed E-state index contributed by atoms with van der Waals surface area (Å²) < 4.78 is 5.25. The Hall–Kier alpha value is -1.51. The molecule has 2 nitrogen and oxygen atoms in total. The minimum Gasteiger partial charge on any atom is -0.497 e. The second kappa shape index (κ2) is 6.97. The number of nitrogens with one attached hydrogen (secondary N) is 1. The summed E-state index contributed by atoms with van der Waals surface area (Å²) >= 11 is 0. The van der Waals surface area contributed by atoms with Crippen molar-refractivity contribution in [2.75, 3.05) is 14.2 Å². The maximum Gasteiger partial charge on any atom is 0.118 e. The molecule has 0 aliphatic heterocycles. The Kier molecular flexibility index (Phi) is 5.27. The first-order valence-electron chi connectivity index (χ1n) is 7.23. The van der Waals surface area contributed by atoms with Gasteiger partial charge in [-0.1, -0.05) is 36.4 Å². The molecular formula is C18H22ClNO. The summed E-state index contributed by atoms with van der Waals surface area (Å²) in [6, 6.07) is 17.8. The van der Waals surface area contributed by atoms with Crippen molar-refractivity contribution in [3.05, 3.63) is 65.2 Å². The highest BCUT2D eigenvalue weighted by Gasteiger charge is 2.26. The van der Waals surface area contributed by atoms with Crippen molar-refractivity contribution in [1.82, 2.24) is 5.32 Å². The maximum atomic E-state index is 5.25. The molecular weight excluding hydrogens is 282 g/mol. The topological polar surface area (TPSA) is 21.3 Å². The number of hydrogen-bond donors (Lipinski definition) is 1. The molecule has 1 aliphatic carbocycles. The third-order valence-electron chi connectivity index (χ3n) is 4.36. The molecule has 0 bridgehead atoms. The first kappa shape index (κ1) is 15.9. The summed E-state index contributed by atoms with van der Waals surface area (Å²) in [4.78, 5) is 0. The molecule has 21 heavy (non-hydrogen) atoms. The maximum absolute atomic E-state index is 5.25. The molecule has 2 atom stereocenters. The summed E-state index contributed by atoms with van der Waals surface area (Å²) in [5.74, 6) is 1.42. The fourth-order valence-corrected chi connectivity index (χ4v) is 3.27. The van der Waals surface area contributed by atoms with Crippen LogP contribution >= 0.6 is 12.4 Å². The zero-order valence-electron chi connectivity index (χ0n) is 12.5. The number of halogens is 1. The fraction of sp³-hybridized carbons (Fsp3) is 0.333. The molecule has 0 spiro atoms. The quantitative estimate of drug-likeness (QED) is 0.912. The van der Waals surface area contributed by atoms with E-state index in [4.69, 9.17) is 4.74 Å². The molecule has 2 aromatic carbocycles. The van der Waals surface area contributed by atoms with Gasteiger partial charge in [0.05, 0.1) is 7.11 Å². The van der Waals surface area contributed by atoms with Crippen molar-refractivity contribution < 1.29 is 4.74 Å². The zero-order valence-corrected chi connectivity index (χ0v) is 13.3. The van der Waals surface area contributed by atoms with Gasteiger partial charge in [-0.2, -0.15) is 0 Å². The van der Waals surface area contributed by atoms with Gasteiger partial charge in [-0.25, -0.2) is 0 Å². The lowest BCUT2D eigenvalue weighted by Crippen LogP contribution is -2.24. The lowest BCUT2D eigenvalue weighted by molar-refractivity contribution is 0.414. The molecule has 2 aromatic rings. The van der Waals surface area contributed by atoms with Crippen LogP contribution in [0.3, 0.4) is 0 Å². The first-order chi connectivity index (χ1) is 9.83. The van der Waals surface area contributed by atoms with Crippen molar-refractivity contribution in [2.24, 2.45) is 0 Å². The smallest absolute Gasteiger partial charge is 0.118 e. The van der Waals surface area contributed by atoms with E-state index in [1.54, 1.807) is 7.11 Å². The van der Waals surface area contributed by atoms with Crippen molar-refractivity contribution in [3.63, 3.8) is 0 Å². The Balaban J connectivity index is 0.00000161. The Morgan fingerprint density at radius 2 is 1.62 bits per heavy atom. The van der Waals surface area contributed by atoms with Crippen LogP contribution in [0.2, 0.25) is 0 Å². The van der Waals surface area contributed by atoms with Gasteiger partial charge in [0.1, 0.15) is 5.75 Å². The number of hydrogen-bond acceptors (Lipinski definition) is 2. The second-order valence-electron chi connectivity index (χ2n) is 5.37. The zero-order chi connectivity index (χ0) is 13.9. The number of ether oxygens (including phenoxy) is 1. The van der Waals surface area contributed by atoms with Crippen LogP contribution in [0, 0.1) is 0 Å². The summed E-state index contributed by atoms with van der Waals surface area (Å²) in [5, 5.41) is 3.43. The van der Waals surface area contributed by atoms with E-state index in [1.165, 1.54) is 29.5 Å². The summed E-state index contributed by atoms with van der Waals surface area (Å²) in [5.41, 5.74) is 4.29. The van der Waals surface area contributed by atoms with Crippen molar-refractivity contribution in [2.45, 2.75) is 24.8 Å². The van der Waals surface area contributed by atoms with Gasteiger partial charge in [-0.15, -0.1) is 12.4 Å². The fourth-order valence-electron chi connectivity index (χ4n) is 3.27. The number of benzene rings is 2. The van der Waals surface area contributed by atoms with Crippen LogP contribution in [0.15, 0.2) is 48.5 Å². The molecule has 0 saturated carbocycles. The predicted octanol–water partition coefficient (Wildman–Crippen LogP) is 4.30. The van der Waals surface area contributed by atoms with E-state index < -0.39 is 0 Å². The predicted molar refractivity (Wildman–Crippen MR) is 89.6 cm³/mol. The van der Waals surface area contributed by atoms with E-state index in [1.807, 2.05) is 0 Å². The first-order valence-corrected chi connectivity index (χ1v) is 7.23. The van der Waals surface area contributed by atoms with Crippen LogP contribution in [0.25, 0.3) is 0 Å². The molecule has 0 unspecified atom stereocenters. The van der Waals surface area contributed by atoms with E-state index in [2.05, 4.69) is 60.9 Å². The van der Waals surface area contributed by atoms with Gasteiger partial charge in [0.25, 0.3) is 0 Å². The van der Waals surface area contributed by atoms with Crippen LogP contribution < -0.4 is 10.1 Å². The summed E-state index contributed by atoms with van der Waals surface area (Å²) in [7, 11) is 3.76. The average molecular weight is 304 g/mol. The highest BCUT2D eigenvalue weighted by molar-refractivity contribution is 5.85. The van der Waals surface area contributed by atoms with Gasteiger partial charge in [-0.05, 0) is 48.7 Å². The van der Waals surface area contributed by atoms with Crippen molar-refractivity contribution in [3.8, 4) is 5.75 Å². The van der Waals surface area contributed by atoms with Gasteiger partial charge in [0.15, 0.2) is 0 Å². The largest absolute Gasteiger partial charge is 0.497 e. The minimum atomic E-state index is 0. The van der Waals surface area contributed by atoms with Gasteiger partial charge in [0.2, 0.25) is 0 Å². The van der Waals surface area contributed by atoms with Gasteiger partial charge in [0, 0.05) is 12.0 Å². The molecule has 0 amide bonds. The molecule has 1 N–H and O–H groups in total. The Morgan fingerprint density at radius 3 is 2.24 bits per heavy atom. The van der Waals surface area contributed by atoms with E-state index in [-0.39, 0.29) is 12.4 Å². The third kappa shape index (κ3) is 3.07. The monoisotopic (exact) mass is 303 g/mol. The lowest BCUT2D eigenvalue weighted by atomic mass is 9.77. The molecule has 3 heteroatoms.